The summed E-state index contributed by atoms with van der Waals surface area (Å²) in [4.78, 5) is 11.1. The van der Waals surface area contributed by atoms with Gasteiger partial charge in [0.15, 0.2) is 6.07 Å². The minimum atomic E-state index is -0.614. The fraction of sp³-hybridized carbons (Fsp3) is 0.467. The molecular formula is C15H20N2O2. The average molecular weight is 260 g/mol. The van der Waals surface area contributed by atoms with Crippen molar-refractivity contribution in [3.63, 3.8) is 0 Å². The zero-order valence-corrected chi connectivity index (χ0v) is 12.1. The molecule has 1 rings (SSSR count). The van der Waals surface area contributed by atoms with Crippen LogP contribution in [0.3, 0.4) is 0 Å². The van der Waals surface area contributed by atoms with E-state index in [1.54, 1.807) is 13.2 Å². The predicted molar refractivity (Wildman–Crippen MR) is 74.1 cm³/mol. The molecule has 0 heterocycles. The summed E-state index contributed by atoms with van der Waals surface area (Å²) in [6.45, 7) is 8.47. The normalized spacial score (nSPS) is 10.7. The molecule has 0 aromatic heterocycles. The van der Waals surface area contributed by atoms with E-state index in [1.807, 2.05) is 33.8 Å². The lowest BCUT2D eigenvalue weighted by atomic mass is 9.80. The first kappa shape index (κ1) is 15.0. The Bertz CT molecular complexity index is 528. The first-order valence-electron chi connectivity index (χ1n) is 6.15. The number of benzene rings is 1. The van der Waals surface area contributed by atoms with E-state index >= 15 is 0 Å². The Hall–Kier alpha value is -2.02. The number of nitriles is 1. The summed E-state index contributed by atoms with van der Waals surface area (Å²) in [5.41, 5.74) is 3.00. The summed E-state index contributed by atoms with van der Waals surface area (Å²) < 4.78 is 5.45. The monoisotopic (exact) mass is 260 g/mol. The topological polar surface area (TPSA) is 62.1 Å². The summed E-state index contributed by atoms with van der Waals surface area (Å²) in [5.74, 6) is 0.200. The number of carbonyl (C=O) groups excluding carboxylic acids is 1. The van der Waals surface area contributed by atoms with Gasteiger partial charge < -0.3 is 10.1 Å². The zero-order chi connectivity index (χ0) is 14.6. The highest BCUT2D eigenvalue weighted by atomic mass is 16.5. The van der Waals surface area contributed by atoms with Crippen LogP contribution in [0.1, 0.15) is 30.5 Å². The second-order valence-electron chi connectivity index (χ2n) is 5.34. The molecule has 1 N–H and O–H groups in total. The Kier molecular flexibility index (Phi) is 4.55. The first-order valence-corrected chi connectivity index (χ1v) is 6.15. The first-order chi connectivity index (χ1) is 8.81. The molecule has 0 bridgehead atoms. The SMILES string of the molecule is COc1cc(C)cc(C)c1C(C)(C)CNC(=O)C#N. The smallest absolute Gasteiger partial charge is 0.322 e. The Morgan fingerprint density at radius 3 is 2.58 bits per heavy atom. The van der Waals surface area contributed by atoms with Crippen molar-refractivity contribution in [1.82, 2.24) is 5.32 Å². The maximum Gasteiger partial charge on any atom is 0.322 e. The van der Waals surface area contributed by atoms with E-state index in [4.69, 9.17) is 10.00 Å². The lowest BCUT2D eigenvalue weighted by Crippen LogP contribution is -2.36. The molecule has 0 atom stereocenters. The highest BCUT2D eigenvalue weighted by molar-refractivity contribution is 5.91. The van der Waals surface area contributed by atoms with E-state index in [0.29, 0.717) is 6.54 Å². The quantitative estimate of drug-likeness (QED) is 0.844. The van der Waals surface area contributed by atoms with Crippen molar-refractivity contribution in [2.45, 2.75) is 33.1 Å². The number of amides is 1. The van der Waals surface area contributed by atoms with E-state index in [-0.39, 0.29) is 5.41 Å². The van der Waals surface area contributed by atoms with Gasteiger partial charge in [-0.25, -0.2) is 0 Å². The summed E-state index contributed by atoms with van der Waals surface area (Å²) in [6.07, 6.45) is 0. The number of aryl methyl sites for hydroxylation is 2. The van der Waals surface area contributed by atoms with Gasteiger partial charge in [-0.15, -0.1) is 0 Å². The number of nitrogens with one attached hydrogen (secondary N) is 1. The number of rotatable bonds is 4. The lowest BCUT2D eigenvalue weighted by molar-refractivity contribution is -0.116. The van der Waals surface area contributed by atoms with Gasteiger partial charge in [-0.2, -0.15) is 5.26 Å². The van der Waals surface area contributed by atoms with Crippen LogP contribution in [-0.2, 0) is 10.2 Å². The standard InChI is InChI=1S/C15H20N2O2/c1-10-6-11(2)14(12(7-10)19-5)15(3,4)9-17-13(18)8-16/h6-7H,9H2,1-5H3,(H,17,18). The van der Waals surface area contributed by atoms with Crippen LogP contribution in [0.2, 0.25) is 0 Å². The Labute approximate surface area is 114 Å². The van der Waals surface area contributed by atoms with Gasteiger partial charge >= 0.3 is 5.91 Å². The van der Waals surface area contributed by atoms with Crippen molar-refractivity contribution in [1.29, 1.82) is 5.26 Å². The van der Waals surface area contributed by atoms with Crippen LogP contribution in [0.15, 0.2) is 12.1 Å². The summed E-state index contributed by atoms with van der Waals surface area (Å²) in [5, 5.41) is 11.1. The molecule has 0 fully saturated rings. The average Bonchev–Trinajstić information content (AvgIpc) is 2.34. The van der Waals surface area contributed by atoms with Crippen molar-refractivity contribution in [3.05, 3.63) is 28.8 Å². The number of carbonyl (C=O) groups is 1. The molecule has 0 unspecified atom stereocenters. The van der Waals surface area contributed by atoms with E-state index in [2.05, 4.69) is 11.4 Å². The van der Waals surface area contributed by atoms with Crippen molar-refractivity contribution >= 4 is 5.91 Å². The van der Waals surface area contributed by atoms with E-state index in [9.17, 15) is 4.79 Å². The zero-order valence-electron chi connectivity index (χ0n) is 12.1. The third-order valence-electron chi connectivity index (χ3n) is 3.13. The minimum Gasteiger partial charge on any atom is -0.496 e. The second-order valence-corrected chi connectivity index (χ2v) is 5.34. The maximum atomic E-state index is 11.1. The van der Waals surface area contributed by atoms with E-state index in [1.165, 1.54) is 0 Å². The molecule has 0 saturated heterocycles. The van der Waals surface area contributed by atoms with Gasteiger partial charge in [0.1, 0.15) is 5.75 Å². The summed E-state index contributed by atoms with van der Waals surface area (Å²) in [6, 6.07) is 5.63. The van der Waals surface area contributed by atoms with Crippen molar-refractivity contribution in [3.8, 4) is 11.8 Å². The Morgan fingerprint density at radius 2 is 2.05 bits per heavy atom. The highest BCUT2D eigenvalue weighted by Crippen LogP contribution is 2.35. The Morgan fingerprint density at radius 1 is 1.42 bits per heavy atom. The third kappa shape index (κ3) is 3.47. The summed E-state index contributed by atoms with van der Waals surface area (Å²) in [7, 11) is 1.64. The molecule has 4 heteroatoms. The fourth-order valence-corrected chi connectivity index (χ4v) is 2.39. The van der Waals surface area contributed by atoms with Crippen LogP contribution in [0.4, 0.5) is 0 Å². The molecule has 0 saturated carbocycles. The van der Waals surface area contributed by atoms with Crippen LogP contribution in [0.25, 0.3) is 0 Å². The van der Waals surface area contributed by atoms with Gasteiger partial charge in [0.2, 0.25) is 0 Å². The van der Waals surface area contributed by atoms with Crippen LogP contribution < -0.4 is 10.1 Å². The van der Waals surface area contributed by atoms with Gasteiger partial charge in [0, 0.05) is 17.5 Å². The van der Waals surface area contributed by atoms with Gasteiger partial charge in [-0.05, 0) is 31.0 Å². The predicted octanol–water partition coefficient (Wildman–Crippen LogP) is 2.23. The molecule has 1 aromatic carbocycles. The largest absolute Gasteiger partial charge is 0.496 e. The van der Waals surface area contributed by atoms with Crippen molar-refractivity contribution in [2.75, 3.05) is 13.7 Å². The second kappa shape index (κ2) is 5.75. The number of hydrogen-bond acceptors (Lipinski definition) is 3. The maximum absolute atomic E-state index is 11.1. The van der Waals surface area contributed by atoms with Gasteiger partial charge in [-0.1, -0.05) is 19.9 Å². The van der Waals surface area contributed by atoms with Gasteiger partial charge in [0.25, 0.3) is 0 Å². The molecule has 0 aliphatic carbocycles. The molecule has 1 aromatic rings. The van der Waals surface area contributed by atoms with E-state index < -0.39 is 5.91 Å². The third-order valence-corrected chi connectivity index (χ3v) is 3.13. The van der Waals surface area contributed by atoms with Gasteiger partial charge in [0.05, 0.1) is 7.11 Å². The van der Waals surface area contributed by atoms with Crippen LogP contribution in [0, 0.1) is 25.2 Å². The molecule has 0 spiro atoms. The molecule has 102 valence electrons. The van der Waals surface area contributed by atoms with Crippen LogP contribution in [0.5, 0.6) is 5.75 Å². The molecule has 0 radical (unpaired) electrons. The van der Waals surface area contributed by atoms with Crippen molar-refractivity contribution < 1.29 is 9.53 Å². The molecular weight excluding hydrogens is 240 g/mol. The fourth-order valence-electron chi connectivity index (χ4n) is 2.39. The number of methoxy groups -OCH3 is 1. The molecule has 0 aliphatic rings. The molecule has 0 aliphatic heterocycles. The van der Waals surface area contributed by atoms with Crippen LogP contribution >= 0.6 is 0 Å². The Balaban J connectivity index is 3.13. The lowest BCUT2D eigenvalue weighted by Gasteiger charge is -2.29. The number of nitrogens with zero attached hydrogens (tertiary/aromatic N) is 1. The number of ether oxygens (including phenoxy) is 1. The highest BCUT2D eigenvalue weighted by Gasteiger charge is 2.27. The summed E-state index contributed by atoms with van der Waals surface area (Å²) >= 11 is 0. The van der Waals surface area contributed by atoms with Crippen LogP contribution in [-0.4, -0.2) is 19.6 Å². The minimum absolute atomic E-state index is 0.310. The number of hydrogen-bond donors (Lipinski definition) is 1. The van der Waals surface area contributed by atoms with E-state index in [0.717, 1.165) is 22.4 Å². The molecule has 1 amide bonds. The van der Waals surface area contributed by atoms with Gasteiger partial charge in [-0.3, -0.25) is 4.79 Å². The molecule has 4 nitrogen and oxygen atoms in total. The molecule has 19 heavy (non-hydrogen) atoms. The van der Waals surface area contributed by atoms with Crippen molar-refractivity contribution in [2.24, 2.45) is 0 Å².